The van der Waals surface area contributed by atoms with Gasteiger partial charge in [0.15, 0.2) is 0 Å². The molecule has 0 fully saturated rings. The van der Waals surface area contributed by atoms with E-state index in [0.717, 1.165) is 0 Å². The van der Waals surface area contributed by atoms with Crippen LogP contribution in [0, 0.1) is 5.82 Å². The Morgan fingerprint density at radius 1 is 1.47 bits per heavy atom. The third-order valence-corrected chi connectivity index (χ3v) is 2.30. The highest BCUT2D eigenvalue weighted by Crippen LogP contribution is 2.23. The zero-order chi connectivity index (χ0) is 10.8. The van der Waals surface area contributed by atoms with Gasteiger partial charge in [-0.1, -0.05) is 16.8 Å². The lowest BCUT2D eigenvalue weighted by Gasteiger charge is -1.98. The lowest BCUT2D eigenvalue weighted by molar-refractivity contribution is 0.626. The minimum absolute atomic E-state index is 0.374. The molecule has 15 heavy (non-hydrogen) atoms. The van der Waals surface area contributed by atoms with Gasteiger partial charge in [0.2, 0.25) is 0 Å². The maximum Gasteiger partial charge on any atom is 0.134 e. The number of hydrogen-bond donors (Lipinski definition) is 0. The Morgan fingerprint density at radius 3 is 2.87 bits per heavy atom. The summed E-state index contributed by atoms with van der Waals surface area (Å²) in [5, 5.41) is 8.09. The van der Waals surface area contributed by atoms with Gasteiger partial charge >= 0.3 is 0 Å². The summed E-state index contributed by atoms with van der Waals surface area (Å²) in [5.41, 5.74) is 0.935. The average molecular weight is 226 g/mol. The van der Waals surface area contributed by atoms with Crippen LogP contribution in [0.15, 0.2) is 24.4 Å². The van der Waals surface area contributed by atoms with Crippen LogP contribution < -0.4 is 0 Å². The van der Waals surface area contributed by atoms with E-state index < -0.39 is 0 Å². The normalized spacial score (nSPS) is 10.6. The van der Waals surface area contributed by atoms with Crippen molar-refractivity contribution in [3.8, 4) is 11.3 Å². The van der Waals surface area contributed by atoms with Gasteiger partial charge in [0.1, 0.15) is 11.5 Å². The van der Waals surface area contributed by atoms with Gasteiger partial charge in [-0.3, -0.25) is 4.68 Å². The zero-order valence-corrected chi connectivity index (χ0v) is 8.87. The van der Waals surface area contributed by atoms with Gasteiger partial charge in [0.25, 0.3) is 0 Å². The van der Waals surface area contributed by atoms with Crippen LogP contribution in [-0.2, 0) is 6.54 Å². The van der Waals surface area contributed by atoms with Gasteiger partial charge < -0.3 is 0 Å². The predicted molar refractivity (Wildman–Crippen MR) is 56.1 cm³/mol. The summed E-state index contributed by atoms with van der Waals surface area (Å²) < 4.78 is 15.1. The molecule has 0 unspecified atom stereocenters. The first-order valence-electron chi connectivity index (χ1n) is 4.56. The van der Waals surface area contributed by atoms with Crippen molar-refractivity contribution in [2.75, 3.05) is 0 Å². The molecule has 78 valence electrons. The Labute approximate surface area is 91.5 Å². The fourth-order valence-corrected chi connectivity index (χ4v) is 1.43. The third kappa shape index (κ3) is 1.99. The molecular weight excluding hydrogens is 217 g/mol. The lowest BCUT2D eigenvalue weighted by atomic mass is 10.1. The molecule has 0 saturated heterocycles. The largest absolute Gasteiger partial charge is 0.252 e. The summed E-state index contributed by atoms with van der Waals surface area (Å²) in [4.78, 5) is 0. The van der Waals surface area contributed by atoms with Gasteiger partial charge in [0, 0.05) is 17.1 Å². The molecule has 0 N–H and O–H groups in total. The second-order valence-corrected chi connectivity index (χ2v) is 3.52. The Bertz CT molecular complexity index is 481. The molecule has 0 aliphatic heterocycles. The van der Waals surface area contributed by atoms with Gasteiger partial charge in [0.05, 0.1) is 6.20 Å². The van der Waals surface area contributed by atoms with Crippen molar-refractivity contribution in [1.29, 1.82) is 0 Å². The number of nitrogens with zero attached hydrogens (tertiary/aromatic N) is 3. The lowest BCUT2D eigenvalue weighted by Crippen LogP contribution is -1.93. The predicted octanol–water partition coefficient (Wildman–Crippen LogP) is 2.76. The van der Waals surface area contributed by atoms with Crippen molar-refractivity contribution >= 4 is 11.6 Å². The number of rotatable bonds is 2. The first-order chi connectivity index (χ1) is 7.20. The second kappa shape index (κ2) is 3.98. The number of aryl methyl sites for hydroxylation is 1. The molecule has 1 aromatic heterocycles. The molecule has 0 aliphatic carbocycles. The summed E-state index contributed by atoms with van der Waals surface area (Å²) in [7, 11) is 0. The molecule has 5 heteroatoms. The smallest absolute Gasteiger partial charge is 0.134 e. The molecule has 2 rings (SSSR count). The van der Waals surface area contributed by atoms with Crippen LogP contribution in [0.1, 0.15) is 6.92 Å². The van der Waals surface area contributed by atoms with Crippen LogP contribution >= 0.6 is 11.6 Å². The molecule has 3 nitrogen and oxygen atoms in total. The Morgan fingerprint density at radius 2 is 2.27 bits per heavy atom. The van der Waals surface area contributed by atoms with Crippen molar-refractivity contribution in [1.82, 2.24) is 15.0 Å². The fraction of sp³-hybridized carbons (Fsp3) is 0.200. The molecular formula is C10H9ClFN3. The van der Waals surface area contributed by atoms with Gasteiger partial charge in [-0.05, 0) is 25.1 Å². The van der Waals surface area contributed by atoms with Crippen molar-refractivity contribution in [3.63, 3.8) is 0 Å². The zero-order valence-electron chi connectivity index (χ0n) is 8.11. The summed E-state index contributed by atoms with van der Waals surface area (Å²) in [6, 6.07) is 4.49. The quantitative estimate of drug-likeness (QED) is 0.787. The number of hydrogen-bond acceptors (Lipinski definition) is 2. The van der Waals surface area contributed by atoms with E-state index in [-0.39, 0.29) is 5.82 Å². The highest BCUT2D eigenvalue weighted by atomic mass is 35.5. The molecule has 0 amide bonds. The maximum atomic E-state index is 13.5. The van der Waals surface area contributed by atoms with Gasteiger partial charge in [-0.2, -0.15) is 0 Å². The van der Waals surface area contributed by atoms with Crippen molar-refractivity contribution in [2.24, 2.45) is 0 Å². The SMILES string of the molecule is CCn1cc(-c2ccc(Cl)cc2F)nn1. The summed E-state index contributed by atoms with van der Waals surface area (Å²) in [5.74, 6) is -0.384. The molecule has 0 spiro atoms. The van der Waals surface area contributed by atoms with E-state index in [1.165, 1.54) is 6.07 Å². The topological polar surface area (TPSA) is 30.7 Å². The van der Waals surface area contributed by atoms with Gasteiger partial charge in [-0.15, -0.1) is 5.10 Å². The fourth-order valence-electron chi connectivity index (χ4n) is 1.27. The maximum absolute atomic E-state index is 13.5. The minimum Gasteiger partial charge on any atom is -0.252 e. The standard InChI is InChI=1S/C10H9ClFN3/c1-2-15-6-10(13-14-15)8-4-3-7(11)5-9(8)12/h3-6H,2H2,1H3. The van der Waals surface area contributed by atoms with E-state index in [1.54, 1.807) is 23.0 Å². The molecule has 0 bridgehead atoms. The highest BCUT2D eigenvalue weighted by Gasteiger charge is 2.08. The Balaban J connectivity index is 2.44. The van der Waals surface area contributed by atoms with E-state index in [0.29, 0.717) is 22.8 Å². The number of aromatic nitrogens is 3. The minimum atomic E-state index is -0.384. The molecule has 0 atom stereocenters. The van der Waals surface area contributed by atoms with Crippen LogP contribution in [0.25, 0.3) is 11.3 Å². The first-order valence-corrected chi connectivity index (χ1v) is 4.94. The molecule has 1 aromatic carbocycles. The molecule has 0 aliphatic rings. The summed E-state index contributed by atoms with van der Waals surface area (Å²) in [6.45, 7) is 2.65. The third-order valence-electron chi connectivity index (χ3n) is 2.07. The van der Waals surface area contributed by atoms with Crippen LogP contribution in [0.3, 0.4) is 0 Å². The van der Waals surface area contributed by atoms with E-state index in [2.05, 4.69) is 10.3 Å². The molecule has 2 aromatic rings. The number of halogens is 2. The van der Waals surface area contributed by atoms with Crippen LogP contribution in [0.4, 0.5) is 4.39 Å². The van der Waals surface area contributed by atoms with E-state index in [1.807, 2.05) is 6.92 Å². The monoisotopic (exact) mass is 225 g/mol. The Kier molecular flexibility index (Phi) is 2.68. The van der Waals surface area contributed by atoms with Gasteiger partial charge in [-0.25, -0.2) is 4.39 Å². The van der Waals surface area contributed by atoms with E-state index >= 15 is 0 Å². The summed E-state index contributed by atoms with van der Waals surface area (Å²) >= 11 is 5.66. The highest BCUT2D eigenvalue weighted by molar-refractivity contribution is 6.30. The van der Waals surface area contributed by atoms with E-state index in [9.17, 15) is 4.39 Å². The second-order valence-electron chi connectivity index (χ2n) is 3.08. The van der Waals surface area contributed by atoms with Crippen molar-refractivity contribution in [3.05, 3.63) is 35.2 Å². The average Bonchev–Trinajstić information content (AvgIpc) is 2.66. The molecule has 1 heterocycles. The Hall–Kier alpha value is -1.42. The van der Waals surface area contributed by atoms with Crippen LogP contribution in [0.5, 0.6) is 0 Å². The van der Waals surface area contributed by atoms with Crippen molar-refractivity contribution in [2.45, 2.75) is 13.5 Å². The van der Waals surface area contributed by atoms with Crippen LogP contribution in [0.2, 0.25) is 5.02 Å². The summed E-state index contributed by atoms with van der Waals surface area (Å²) in [6.07, 6.45) is 1.70. The van der Waals surface area contributed by atoms with E-state index in [4.69, 9.17) is 11.6 Å². The first kappa shape index (κ1) is 10.1. The van der Waals surface area contributed by atoms with Crippen molar-refractivity contribution < 1.29 is 4.39 Å². The molecule has 0 saturated carbocycles. The van der Waals surface area contributed by atoms with Crippen LogP contribution in [-0.4, -0.2) is 15.0 Å². The molecule has 0 radical (unpaired) electrons. The number of benzene rings is 1.